The molecule has 8 heteroatoms. The van der Waals surface area contributed by atoms with Crippen LogP contribution in [0.2, 0.25) is 0 Å². The second-order valence-electron chi connectivity index (χ2n) is 5.95. The summed E-state index contributed by atoms with van der Waals surface area (Å²) in [7, 11) is 0. The summed E-state index contributed by atoms with van der Waals surface area (Å²) in [4.78, 5) is 37.2. The maximum Gasteiger partial charge on any atom is 0.229 e. The van der Waals surface area contributed by atoms with Crippen LogP contribution in [0.3, 0.4) is 0 Å². The van der Waals surface area contributed by atoms with Gasteiger partial charge in [-0.05, 0) is 25.1 Å². The molecular formula is C17H18N4O4. The molecule has 1 aromatic heterocycles. The van der Waals surface area contributed by atoms with E-state index in [4.69, 9.17) is 4.52 Å². The van der Waals surface area contributed by atoms with Crippen LogP contribution >= 0.6 is 0 Å². The van der Waals surface area contributed by atoms with Gasteiger partial charge >= 0.3 is 0 Å². The third-order valence-corrected chi connectivity index (χ3v) is 3.84. The molecule has 3 amide bonds. The van der Waals surface area contributed by atoms with Crippen molar-refractivity contribution >= 4 is 34.9 Å². The molecule has 0 aliphatic carbocycles. The first kappa shape index (κ1) is 16.7. The first-order valence-corrected chi connectivity index (χ1v) is 7.84. The van der Waals surface area contributed by atoms with Gasteiger partial charge in [-0.1, -0.05) is 11.2 Å². The highest BCUT2D eigenvalue weighted by Crippen LogP contribution is 2.26. The van der Waals surface area contributed by atoms with Crippen LogP contribution < -0.4 is 15.5 Å². The van der Waals surface area contributed by atoms with Crippen LogP contribution in [0.5, 0.6) is 0 Å². The van der Waals surface area contributed by atoms with Gasteiger partial charge in [0.05, 0.1) is 5.92 Å². The van der Waals surface area contributed by atoms with Crippen molar-refractivity contribution in [2.75, 3.05) is 22.1 Å². The molecule has 2 aromatic rings. The highest BCUT2D eigenvalue weighted by Gasteiger charge is 2.36. The number of rotatable bonds is 4. The smallest absolute Gasteiger partial charge is 0.229 e. The Balaban J connectivity index is 1.66. The topological polar surface area (TPSA) is 105 Å². The zero-order valence-corrected chi connectivity index (χ0v) is 13.9. The van der Waals surface area contributed by atoms with E-state index in [-0.39, 0.29) is 30.7 Å². The summed E-state index contributed by atoms with van der Waals surface area (Å²) in [6, 6.07) is 8.50. The van der Waals surface area contributed by atoms with Crippen molar-refractivity contribution in [1.29, 1.82) is 0 Å². The molecule has 0 bridgehead atoms. The summed E-state index contributed by atoms with van der Waals surface area (Å²) in [5, 5.41) is 9.26. The van der Waals surface area contributed by atoms with Crippen LogP contribution in [0.15, 0.2) is 34.9 Å². The van der Waals surface area contributed by atoms with Gasteiger partial charge in [-0.25, -0.2) is 0 Å². The molecule has 25 heavy (non-hydrogen) atoms. The van der Waals surface area contributed by atoms with Gasteiger partial charge in [0.15, 0.2) is 5.82 Å². The molecule has 1 saturated heterocycles. The minimum absolute atomic E-state index is 0.114. The Morgan fingerprint density at radius 2 is 1.96 bits per heavy atom. The van der Waals surface area contributed by atoms with E-state index in [9.17, 15) is 14.4 Å². The monoisotopic (exact) mass is 342 g/mol. The number of hydrogen-bond donors (Lipinski definition) is 2. The summed E-state index contributed by atoms with van der Waals surface area (Å²) < 4.78 is 4.98. The van der Waals surface area contributed by atoms with E-state index in [1.54, 1.807) is 37.3 Å². The van der Waals surface area contributed by atoms with E-state index in [0.29, 0.717) is 23.0 Å². The van der Waals surface area contributed by atoms with Crippen LogP contribution in [0.25, 0.3) is 0 Å². The Kier molecular flexibility index (Phi) is 4.51. The van der Waals surface area contributed by atoms with E-state index in [1.807, 2.05) is 0 Å². The average molecular weight is 342 g/mol. The molecule has 3 rings (SSSR count). The first-order valence-electron chi connectivity index (χ1n) is 7.84. The standard InChI is InChI=1S/C17H18N4O4/c1-10-6-15(20-25-10)21-9-12(7-16(21)23)17(24)19-14-5-3-4-13(8-14)18-11(2)22/h3-6,8,12H,7,9H2,1-2H3,(H,18,22)(H,19,24). The Labute approximate surface area is 144 Å². The van der Waals surface area contributed by atoms with Gasteiger partial charge in [-0.15, -0.1) is 0 Å². The predicted octanol–water partition coefficient (Wildman–Crippen LogP) is 1.93. The highest BCUT2D eigenvalue weighted by atomic mass is 16.5. The molecule has 1 atom stereocenters. The van der Waals surface area contributed by atoms with E-state index in [1.165, 1.54) is 11.8 Å². The Hall–Kier alpha value is -3.16. The lowest BCUT2D eigenvalue weighted by molar-refractivity contribution is -0.122. The van der Waals surface area contributed by atoms with E-state index >= 15 is 0 Å². The summed E-state index contributed by atoms with van der Waals surface area (Å²) in [5.41, 5.74) is 1.15. The van der Waals surface area contributed by atoms with Crippen LogP contribution in [0.1, 0.15) is 19.1 Å². The van der Waals surface area contributed by atoms with Crippen molar-refractivity contribution in [3.63, 3.8) is 0 Å². The maximum atomic E-state index is 12.5. The van der Waals surface area contributed by atoms with Gasteiger partial charge in [-0.2, -0.15) is 0 Å². The van der Waals surface area contributed by atoms with Crippen LogP contribution in [-0.4, -0.2) is 29.4 Å². The Bertz CT molecular complexity index is 830. The molecule has 0 spiro atoms. The largest absolute Gasteiger partial charge is 0.360 e. The lowest BCUT2D eigenvalue weighted by atomic mass is 10.1. The molecule has 0 saturated carbocycles. The van der Waals surface area contributed by atoms with Crippen molar-refractivity contribution in [1.82, 2.24) is 5.16 Å². The second-order valence-corrected chi connectivity index (χ2v) is 5.95. The van der Waals surface area contributed by atoms with Crippen molar-refractivity contribution in [3.05, 3.63) is 36.1 Å². The summed E-state index contributed by atoms with van der Waals surface area (Å²) in [6.45, 7) is 3.40. The Morgan fingerprint density at radius 1 is 1.24 bits per heavy atom. The van der Waals surface area contributed by atoms with Crippen molar-refractivity contribution < 1.29 is 18.9 Å². The van der Waals surface area contributed by atoms with Crippen LogP contribution in [-0.2, 0) is 14.4 Å². The maximum absolute atomic E-state index is 12.5. The number of aromatic nitrogens is 1. The number of amides is 3. The predicted molar refractivity (Wildman–Crippen MR) is 91.1 cm³/mol. The van der Waals surface area contributed by atoms with Crippen LogP contribution in [0, 0.1) is 12.8 Å². The van der Waals surface area contributed by atoms with Crippen LogP contribution in [0.4, 0.5) is 17.2 Å². The van der Waals surface area contributed by atoms with Gasteiger partial charge in [0.25, 0.3) is 0 Å². The fourth-order valence-corrected chi connectivity index (χ4v) is 2.71. The summed E-state index contributed by atoms with van der Waals surface area (Å²) in [5.74, 6) is -0.0650. The molecule has 1 aromatic carbocycles. The van der Waals surface area contributed by atoms with Crippen molar-refractivity contribution in [3.8, 4) is 0 Å². The van der Waals surface area contributed by atoms with Gasteiger partial charge in [0, 0.05) is 37.3 Å². The molecule has 8 nitrogen and oxygen atoms in total. The van der Waals surface area contributed by atoms with Gasteiger partial charge < -0.3 is 15.2 Å². The van der Waals surface area contributed by atoms with Crippen molar-refractivity contribution in [2.45, 2.75) is 20.3 Å². The molecule has 2 heterocycles. The van der Waals surface area contributed by atoms with E-state index in [0.717, 1.165) is 0 Å². The quantitative estimate of drug-likeness (QED) is 0.883. The van der Waals surface area contributed by atoms with Gasteiger partial charge in [-0.3, -0.25) is 19.3 Å². The fraction of sp³-hybridized carbons (Fsp3) is 0.294. The lowest BCUT2D eigenvalue weighted by Gasteiger charge is -2.13. The Morgan fingerprint density at radius 3 is 2.60 bits per heavy atom. The summed E-state index contributed by atoms with van der Waals surface area (Å²) in [6.07, 6.45) is 0.114. The van der Waals surface area contributed by atoms with Gasteiger partial charge in [0.2, 0.25) is 17.7 Å². The minimum atomic E-state index is -0.478. The highest BCUT2D eigenvalue weighted by molar-refractivity contribution is 6.03. The molecule has 0 radical (unpaired) electrons. The van der Waals surface area contributed by atoms with E-state index < -0.39 is 5.92 Å². The second kappa shape index (κ2) is 6.76. The number of carbonyl (C=O) groups excluding carboxylic acids is 3. The third kappa shape index (κ3) is 3.85. The first-order chi connectivity index (χ1) is 11.9. The van der Waals surface area contributed by atoms with Gasteiger partial charge in [0.1, 0.15) is 5.76 Å². The third-order valence-electron chi connectivity index (χ3n) is 3.84. The van der Waals surface area contributed by atoms with E-state index in [2.05, 4.69) is 15.8 Å². The number of nitrogens with one attached hydrogen (secondary N) is 2. The zero-order chi connectivity index (χ0) is 18.0. The molecule has 130 valence electrons. The average Bonchev–Trinajstić information content (AvgIpc) is 3.12. The number of carbonyl (C=O) groups is 3. The summed E-state index contributed by atoms with van der Waals surface area (Å²) >= 11 is 0. The minimum Gasteiger partial charge on any atom is -0.360 e. The number of nitrogens with zero attached hydrogens (tertiary/aromatic N) is 2. The molecule has 1 aliphatic rings. The normalized spacial score (nSPS) is 16.8. The molecule has 2 N–H and O–H groups in total. The van der Waals surface area contributed by atoms with Crippen molar-refractivity contribution in [2.24, 2.45) is 5.92 Å². The fourth-order valence-electron chi connectivity index (χ4n) is 2.71. The zero-order valence-electron chi connectivity index (χ0n) is 13.9. The molecule has 1 fully saturated rings. The lowest BCUT2D eigenvalue weighted by Crippen LogP contribution is -2.28. The molecular weight excluding hydrogens is 324 g/mol. The number of aryl methyl sites for hydroxylation is 1. The molecule has 1 unspecified atom stereocenters. The number of anilines is 3. The molecule has 1 aliphatic heterocycles. The number of benzene rings is 1. The SMILES string of the molecule is CC(=O)Nc1cccc(NC(=O)C2CC(=O)N(c3cc(C)on3)C2)c1. The number of hydrogen-bond acceptors (Lipinski definition) is 5.